The number of aromatic nitrogens is 2. The molecular formula is C89H76N2. The summed E-state index contributed by atoms with van der Waals surface area (Å²) in [6, 6.07) is 101. The number of hydrogen-bond donors (Lipinski definition) is 0. The summed E-state index contributed by atoms with van der Waals surface area (Å²) >= 11 is 0. The fraction of sp³-hybridized carbons (Fsp3) is 0.169. The van der Waals surface area contributed by atoms with E-state index in [1.807, 2.05) is 0 Å². The van der Waals surface area contributed by atoms with Crippen LogP contribution in [-0.2, 0) is 21.7 Å². The minimum Gasteiger partial charge on any atom is -0.309 e. The van der Waals surface area contributed by atoms with Gasteiger partial charge in [0.2, 0.25) is 0 Å². The lowest BCUT2D eigenvalue weighted by Crippen LogP contribution is -2.18. The summed E-state index contributed by atoms with van der Waals surface area (Å²) in [7, 11) is 0. The Morgan fingerprint density at radius 1 is 0.231 bits per heavy atom. The zero-order valence-electron chi connectivity index (χ0n) is 54.2. The van der Waals surface area contributed by atoms with Gasteiger partial charge in [0.1, 0.15) is 0 Å². The molecule has 13 aromatic carbocycles. The molecule has 0 N–H and O–H groups in total. The van der Waals surface area contributed by atoms with Crippen LogP contribution in [0.15, 0.2) is 261 Å². The van der Waals surface area contributed by atoms with Crippen molar-refractivity contribution in [3.63, 3.8) is 0 Å². The molecule has 2 nitrogen and oxygen atoms in total. The van der Waals surface area contributed by atoms with Crippen molar-refractivity contribution >= 4 is 65.2 Å². The van der Waals surface area contributed by atoms with Gasteiger partial charge in [0, 0.05) is 38.3 Å². The van der Waals surface area contributed by atoms with Gasteiger partial charge in [0.25, 0.3) is 0 Å². The van der Waals surface area contributed by atoms with Crippen molar-refractivity contribution in [2.24, 2.45) is 0 Å². The predicted molar refractivity (Wildman–Crippen MR) is 391 cm³/mol. The molecule has 2 aromatic heterocycles. The summed E-state index contributed by atoms with van der Waals surface area (Å²) < 4.78 is 5.09. The molecule has 2 aliphatic heterocycles. The van der Waals surface area contributed by atoms with Gasteiger partial charge in [-0.3, -0.25) is 0 Å². The summed E-state index contributed by atoms with van der Waals surface area (Å²) in [4.78, 5) is 0. The Kier molecular flexibility index (Phi) is 12.7. The van der Waals surface area contributed by atoms with Crippen molar-refractivity contribution in [1.82, 2.24) is 9.13 Å². The average Bonchev–Trinajstić information content (AvgIpc) is 1.72. The smallest absolute Gasteiger partial charge is 0.0541 e. The maximum atomic E-state index is 2.55. The molecule has 17 rings (SSSR count). The molecule has 0 atom stereocenters. The molecule has 4 heterocycles. The molecule has 15 aromatic rings. The van der Waals surface area contributed by atoms with Gasteiger partial charge in [-0.1, -0.05) is 228 Å². The highest BCUT2D eigenvalue weighted by atomic mass is 15.0. The zero-order chi connectivity index (χ0) is 62.5. The van der Waals surface area contributed by atoms with E-state index in [1.54, 1.807) is 0 Å². The first-order valence-electron chi connectivity index (χ1n) is 32.5. The van der Waals surface area contributed by atoms with Gasteiger partial charge >= 0.3 is 0 Å². The van der Waals surface area contributed by atoms with Gasteiger partial charge in [-0.2, -0.15) is 0 Å². The Balaban J connectivity index is 1.10. The molecule has 0 saturated heterocycles. The Morgan fingerprint density at radius 3 is 0.945 bits per heavy atom. The largest absolute Gasteiger partial charge is 0.309 e. The Hall–Kier alpha value is -10.0. The molecule has 442 valence electrons. The van der Waals surface area contributed by atoms with Crippen molar-refractivity contribution in [2.75, 3.05) is 0 Å². The Bertz CT molecular complexity index is 5330. The maximum Gasteiger partial charge on any atom is 0.0541 e. The van der Waals surface area contributed by atoms with Crippen LogP contribution in [0.1, 0.15) is 104 Å². The van der Waals surface area contributed by atoms with Crippen LogP contribution in [-0.4, -0.2) is 9.13 Å². The molecule has 0 amide bonds. The first-order valence-corrected chi connectivity index (χ1v) is 32.5. The van der Waals surface area contributed by atoms with Crippen LogP contribution in [0.5, 0.6) is 0 Å². The highest BCUT2D eigenvalue weighted by molar-refractivity contribution is 6.23. The minimum absolute atomic E-state index is 0.0280. The van der Waals surface area contributed by atoms with Crippen molar-refractivity contribution in [2.45, 2.75) is 97.8 Å². The van der Waals surface area contributed by atoms with Gasteiger partial charge in [0.05, 0.1) is 22.1 Å². The third-order valence-corrected chi connectivity index (χ3v) is 20.1. The summed E-state index contributed by atoms with van der Waals surface area (Å²) in [6.07, 6.45) is 0. The van der Waals surface area contributed by atoms with E-state index in [1.165, 1.54) is 154 Å². The molecule has 2 aliphatic rings. The number of rotatable bonds is 5. The molecule has 0 radical (unpaired) electrons. The lowest BCUT2D eigenvalue weighted by Gasteiger charge is -2.27. The minimum atomic E-state index is -0.314. The van der Waals surface area contributed by atoms with Gasteiger partial charge in [-0.15, -0.1) is 0 Å². The summed E-state index contributed by atoms with van der Waals surface area (Å²) in [5.41, 5.74) is 27.4. The maximum absolute atomic E-state index is 2.55. The molecule has 10 bridgehead atoms. The van der Waals surface area contributed by atoms with Crippen molar-refractivity contribution in [1.29, 1.82) is 0 Å². The van der Waals surface area contributed by atoms with E-state index in [2.05, 4.69) is 346 Å². The second-order valence-electron chi connectivity index (χ2n) is 29.5. The van der Waals surface area contributed by atoms with Crippen LogP contribution in [0.25, 0.3) is 143 Å². The summed E-state index contributed by atoms with van der Waals surface area (Å²) in [6.45, 7) is 25.7. The van der Waals surface area contributed by atoms with Crippen LogP contribution in [0.4, 0.5) is 0 Å². The van der Waals surface area contributed by atoms with Crippen LogP contribution in [0.2, 0.25) is 0 Å². The molecule has 0 unspecified atom stereocenters. The Morgan fingerprint density at radius 2 is 0.560 bits per heavy atom. The standard InChI is InChI=1S/C89H76N2/c1-86(2,3)65-30-38-80-74(49-65)75-50-66(87(4,5)6)31-39-81(75)90(80)70-34-37-73-78(53-70)84(63-44-59(55-22-15-12-16-23-55)42-60(45-63)56-24-17-13-18-25-56)72-36-35-71-54-79(72)85(73)64-46-61(57-26-19-14-20-27-57)43-62(47-64)58-28-21-29-68(48-58)89(10,11)69-33-41-83-77(52-69)76-51-67(88(7,8)9)32-40-82(76)91(71)83/h12-54H,1-11H3. The lowest BCUT2D eigenvalue weighted by atomic mass is 9.76. The lowest BCUT2D eigenvalue weighted by molar-refractivity contribution is 0.590. The molecule has 0 saturated carbocycles. The zero-order valence-corrected chi connectivity index (χ0v) is 54.2. The Labute approximate surface area is 535 Å². The van der Waals surface area contributed by atoms with Gasteiger partial charge in [-0.25, -0.2) is 0 Å². The monoisotopic (exact) mass is 1170 g/mol. The van der Waals surface area contributed by atoms with E-state index < -0.39 is 0 Å². The van der Waals surface area contributed by atoms with Crippen LogP contribution in [0, 0.1) is 0 Å². The normalized spacial score (nSPS) is 13.3. The fourth-order valence-corrected chi connectivity index (χ4v) is 14.9. The number of hydrogen-bond acceptors (Lipinski definition) is 0. The van der Waals surface area contributed by atoms with E-state index in [4.69, 9.17) is 0 Å². The fourth-order valence-electron chi connectivity index (χ4n) is 14.9. The topological polar surface area (TPSA) is 9.86 Å². The summed E-state index contributed by atoms with van der Waals surface area (Å²) in [5, 5.41) is 9.84. The van der Waals surface area contributed by atoms with E-state index in [0.717, 1.165) is 16.9 Å². The third-order valence-electron chi connectivity index (χ3n) is 20.1. The SMILES string of the molecule is CC(C)(C)c1ccc2c(c1)c1cc(C(C)(C)C)ccc1n2-c1ccc2c3c4cc(ccc4c(-c4cc(-c5ccccc5)cc(-c5ccccc5)c4)c2c1)-n1c2ccc(C(C)(C)C)cc2c2cc(ccc21)C(C)(C)c1cccc(c1)-c1cc(-c2ccccc2)cc-3c1. The molecule has 0 spiro atoms. The second-order valence-corrected chi connectivity index (χ2v) is 29.5. The van der Waals surface area contributed by atoms with Crippen molar-refractivity contribution in [3.05, 3.63) is 289 Å². The van der Waals surface area contributed by atoms with Crippen LogP contribution < -0.4 is 0 Å². The number of nitrogens with zero attached hydrogens (tertiary/aromatic N) is 2. The second kappa shape index (κ2) is 20.5. The average molecular weight is 1170 g/mol. The van der Waals surface area contributed by atoms with Gasteiger partial charge in [0.15, 0.2) is 0 Å². The molecule has 2 heteroatoms. The van der Waals surface area contributed by atoms with Crippen molar-refractivity contribution < 1.29 is 0 Å². The molecule has 91 heavy (non-hydrogen) atoms. The number of benzene rings is 13. The van der Waals surface area contributed by atoms with E-state index in [9.17, 15) is 0 Å². The summed E-state index contributed by atoms with van der Waals surface area (Å²) in [5.74, 6) is 0. The molecular weight excluding hydrogens is 1100 g/mol. The van der Waals surface area contributed by atoms with E-state index in [-0.39, 0.29) is 21.7 Å². The molecule has 0 fully saturated rings. The first-order chi connectivity index (χ1) is 43.7. The first kappa shape index (κ1) is 56.2. The van der Waals surface area contributed by atoms with Gasteiger partial charge in [-0.05, 0) is 242 Å². The highest BCUT2D eigenvalue weighted by Gasteiger charge is 2.29. The molecule has 0 aliphatic carbocycles. The highest BCUT2D eigenvalue weighted by Crippen LogP contribution is 2.50. The number of fused-ring (bicyclic) bond motifs is 6. The quantitative estimate of drug-likeness (QED) is 0.152. The van der Waals surface area contributed by atoms with Crippen LogP contribution in [0.3, 0.4) is 0 Å². The van der Waals surface area contributed by atoms with E-state index in [0.29, 0.717) is 0 Å². The predicted octanol–water partition coefficient (Wildman–Crippen LogP) is 24.7. The van der Waals surface area contributed by atoms with Gasteiger partial charge < -0.3 is 9.13 Å². The third kappa shape index (κ3) is 9.36. The van der Waals surface area contributed by atoms with E-state index >= 15 is 0 Å². The van der Waals surface area contributed by atoms with Crippen LogP contribution >= 0.6 is 0 Å². The van der Waals surface area contributed by atoms with Crippen molar-refractivity contribution in [3.8, 4) is 78.1 Å².